The SMILES string of the molecule is Cc1ccc2c(c1)C(N=O)/C(=C/Cl)CS2. The van der Waals surface area contributed by atoms with Crippen LogP contribution in [0.25, 0.3) is 0 Å². The van der Waals surface area contributed by atoms with Crippen LogP contribution in [-0.4, -0.2) is 5.75 Å². The predicted molar refractivity (Wildman–Crippen MR) is 64.4 cm³/mol. The van der Waals surface area contributed by atoms with Crippen molar-refractivity contribution in [3.05, 3.63) is 45.3 Å². The number of aryl methyl sites for hydroxylation is 1. The van der Waals surface area contributed by atoms with Crippen LogP contribution in [0.1, 0.15) is 17.2 Å². The van der Waals surface area contributed by atoms with Crippen LogP contribution in [0.15, 0.2) is 39.4 Å². The minimum atomic E-state index is -0.404. The number of rotatable bonds is 1. The van der Waals surface area contributed by atoms with Gasteiger partial charge in [-0.3, -0.25) is 0 Å². The fraction of sp³-hybridized carbons (Fsp3) is 0.273. The molecule has 78 valence electrons. The van der Waals surface area contributed by atoms with Crippen molar-refractivity contribution in [1.82, 2.24) is 0 Å². The highest BCUT2D eigenvalue weighted by Crippen LogP contribution is 2.41. The fourth-order valence-corrected chi connectivity index (χ4v) is 3.02. The second kappa shape index (κ2) is 4.37. The maximum Gasteiger partial charge on any atom is 0.141 e. The molecule has 1 aliphatic rings. The summed E-state index contributed by atoms with van der Waals surface area (Å²) in [6.07, 6.45) is 0. The summed E-state index contributed by atoms with van der Waals surface area (Å²) < 4.78 is 0. The lowest BCUT2D eigenvalue weighted by atomic mass is 9.99. The first kappa shape index (κ1) is 10.7. The number of nitrogens with zero attached hydrogens (tertiary/aromatic N) is 1. The molecule has 0 radical (unpaired) electrons. The monoisotopic (exact) mass is 239 g/mol. The van der Waals surface area contributed by atoms with Gasteiger partial charge in [0.25, 0.3) is 0 Å². The van der Waals surface area contributed by atoms with Crippen LogP contribution in [0.4, 0.5) is 0 Å². The van der Waals surface area contributed by atoms with Crippen molar-refractivity contribution in [3.63, 3.8) is 0 Å². The van der Waals surface area contributed by atoms with E-state index in [0.29, 0.717) is 0 Å². The van der Waals surface area contributed by atoms with Gasteiger partial charge in [0, 0.05) is 16.2 Å². The van der Waals surface area contributed by atoms with E-state index in [4.69, 9.17) is 11.6 Å². The van der Waals surface area contributed by atoms with Crippen LogP contribution >= 0.6 is 23.4 Å². The van der Waals surface area contributed by atoms with Crippen molar-refractivity contribution in [3.8, 4) is 0 Å². The summed E-state index contributed by atoms with van der Waals surface area (Å²) in [5, 5.41) is 3.17. The van der Waals surface area contributed by atoms with Crippen molar-refractivity contribution < 1.29 is 0 Å². The first-order chi connectivity index (χ1) is 7.26. The molecule has 1 atom stereocenters. The third kappa shape index (κ3) is 1.94. The molecule has 2 rings (SSSR count). The van der Waals surface area contributed by atoms with E-state index in [1.54, 1.807) is 11.8 Å². The summed E-state index contributed by atoms with van der Waals surface area (Å²) in [5.41, 5.74) is 4.48. The minimum absolute atomic E-state index is 0.404. The van der Waals surface area contributed by atoms with Crippen molar-refractivity contribution in [2.75, 3.05) is 5.75 Å². The summed E-state index contributed by atoms with van der Waals surface area (Å²) in [4.78, 5) is 12.0. The highest BCUT2D eigenvalue weighted by molar-refractivity contribution is 7.99. The Morgan fingerprint density at radius 1 is 1.60 bits per heavy atom. The van der Waals surface area contributed by atoms with Gasteiger partial charge in [-0.05, 0) is 24.1 Å². The number of thioether (sulfide) groups is 1. The first-order valence-electron chi connectivity index (χ1n) is 4.61. The number of hydrogen-bond acceptors (Lipinski definition) is 3. The van der Waals surface area contributed by atoms with E-state index < -0.39 is 6.04 Å². The third-order valence-electron chi connectivity index (χ3n) is 2.45. The quantitative estimate of drug-likeness (QED) is 0.693. The Hall–Kier alpha value is -0.800. The molecule has 0 aromatic heterocycles. The van der Waals surface area contributed by atoms with Gasteiger partial charge in [-0.1, -0.05) is 34.5 Å². The van der Waals surface area contributed by atoms with Crippen molar-refractivity contribution >= 4 is 23.4 Å². The molecule has 1 aromatic rings. The molecule has 0 spiro atoms. The Labute approximate surface area is 97.7 Å². The highest BCUT2D eigenvalue weighted by atomic mass is 35.5. The molecular weight excluding hydrogens is 230 g/mol. The summed E-state index contributed by atoms with van der Waals surface area (Å²) in [7, 11) is 0. The molecule has 0 aliphatic carbocycles. The lowest BCUT2D eigenvalue weighted by molar-refractivity contribution is 0.811. The zero-order chi connectivity index (χ0) is 10.8. The number of benzene rings is 1. The second-order valence-corrected chi connectivity index (χ2v) is 4.76. The molecule has 0 saturated carbocycles. The van der Waals surface area contributed by atoms with E-state index in [-0.39, 0.29) is 0 Å². The van der Waals surface area contributed by atoms with E-state index in [1.807, 2.05) is 25.1 Å². The Morgan fingerprint density at radius 2 is 2.40 bits per heavy atom. The Morgan fingerprint density at radius 3 is 3.07 bits per heavy atom. The molecule has 0 amide bonds. The van der Waals surface area contributed by atoms with E-state index >= 15 is 0 Å². The van der Waals surface area contributed by atoms with Gasteiger partial charge in [0.05, 0.1) is 0 Å². The first-order valence-corrected chi connectivity index (χ1v) is 6.03. The minimum Gasteiger partial charge on any atom is -0.150 e. The smallest absolute Gasteiger partial charge is 0.141 e. The third-order valence-corrected chi connectivity index (χ3v) is 3.89. The lowest BCUT2D eigenvalue weighted by Crippen LogP contribution is -2.08. The fourth-order valence-electron chi connectivity index (χ4n) is 1.67. The zero-order valence-electron chi connectivity index (χ0n) is 8.24. The highest BCUT2D eigenvalue weighted by Gasteiger charge is 2.25. The predicted octanol–water partition coefficient (Wildman–Crippen LogP) is 4.03. The van der Waals surface area contributed by atoms with Gasteiger partial charge in [-0.2, -0.15) is 0 Å². The van der Waals surface area contributed by atoms with Gasteiger partial charge in [0.2, 0.25) is 0 Å². The van der Waals surface area contributed by atoms with Crippen LogP contribution in [0.2, 0.25) is 0 Å². The van der Waals surface area contributed by atoms with Gasteiger partial charge in [-0.25, -0.2) is 0 Å². The average molecular weight is 240 g/mol. The standard InChI is InChI=1S/C11H10ClNOS/c1-7-2-3-10-9(4-7)11(13-14)8(5-12)6-15-10/h2-5,11H,6H2,1H3/b8-5+. The van der Waals surface area contributed by atoms with Gasteiger partial charge in [0.15, 0.2) is 0 Å². The van der Waals surface area contributed by atoms with Crippen molar-refractivity contribution in [2.45, 2.75) is 17.9 Å². The molecule has 1 heterocycles. The number of nitroso groups, excluding NO2 is 1. The zero-order valence-corrected chi connectivity index (χ0v) is 9.81. The topological polar surface area (TPSA) is 29.4 Å². The summed E-state index contributed by atoms with van der Waals surface area (Å²) in [6.45, 7) is 2.01. The Kier molecular flexibility index (Phi) is 3.12. The lowest BCUT2D eigenvalue weighted by Gasteiger charge is -2.22. The normalized spacial score (nSPS) is 22.5. The van der Waals surface area contributed by atoms with Gasteiger partial charge in [0.1, 0.15) is 6.04 Å². The second-order valence-electron chi connectivity index (χ2n) is 3.52. The van der Waals surface area contributed by atoms with E-state index in [2.05, 4.69) is 5.18 Å². The van der Waals surface area contributed by atoms with Crippen LogP contribution in [0.5, 0.6) is 0 Å². The molecular formula is C11H10ClNOS. The number of halogens is 1. The molecule has 1 unspecified atom stereocenters. The van der Waals surface area contributed by atoms with Gasteiger partial charge < -0.3 is 0 Å². The van der Waals surface area contributed by atoms with Crippen LogP contribution in [-0.2, 0) is 0 Å². The molecule has 1 aromatic carbocycles. The molecule has 4 heteroatoms. The Bertz CT molecular complexity index is 431. The molecule has 0 saturated heterocycles. The average Bonchev–Trinajstić information content (AvgIpc) is 2.27. The number of fused-ring (bicyclic) bond motifs is 1. The molecule has 15 heavy (non-hydrogen) atoms. The van der Waals surface area contributed by atoms with Gasteiger partial charge >= 0.3 is 0 Å². The molecule has 2 nitrogen and oxygen atoms in total. The summed E-state index contributed by atoms with van der Waals surface area (Å²) in [5.74, 6) is 0.746. The maximum atomic E-state index is 10.8. The summed E-state index contributed by atoms with van der Waals surface area (Å²) in [6, 6.07) is 5.69. The molecule has 0 N–H and O–H groups in total. The molecule has 1 aliphatic heterocycles. The van der Waals surface area contributed by atoms with Crippen LogP contribution < -0.4 is 0 Å². The summed E-state index contributed by atoms with van der Waals surface area (Å²) >= 11 is 7.38. The van der Waals surface area contributed by atoms with Crippen molar-refractivity contribution in [2.24, 2.45) is 5.18 Å². The molecule has 0 fully saturated rings. The molecule has 0 bridgehead atoms. The van der Waals surface area contributed by atoms with E-state index in [0.717, 1.165) is 27.3 Å². The van der Waals surface area contributed by atoms with Gasteiger partial charge in [-0.15, -0.1) is 16.7 Å². The van der Waals surface area contributed by atoms with E-state index in [9.17, 15) is 4.91 Å². The largest absolute Gasteiger partial charge is 0.150 e. The van der Waals surface area contributed by atoms with Crippen LogP contribution in [0, 0.1) is 11.8 Å². The van der Waals surface area contributed by atoms with E-state index in [1.165, 1.54) is 5.54 Å². The van der Waals surface area contributed by atoms with Crippen molar-refractivity contribution in [1.29, 1.82) is 0 Å². The van der Waals surface area contributed by atoms with Crippen LogP contribution in [0.3, 0.4) is 0 Å². The maximum absolute atomic E-state index is 10.8. The Balaban J connectivity index is 2.53. The number of hydrogen-bond donors (Lipinski definition) is 0.